The van der Waals surface area contributed by atoms with Crippen LogP contribution in [0, 0.1) is 0 Å². The van der Waals surface area contributed by atoms with E-state index >= 15 is 0 Å². The molecule has 0 radical (unpaired) electrons. The van der Waals surface area contributed by atoms with Gasteiger partial charge in [0.05, 0.1) is 5.41 Å². The van der Waals surface area contributed by atoms with Gasteiger partial charge in [-0.2, -0.15) is 0 Å². The Morgan fingerprint density at radius 2 is 0.561 bits per heavy atom. The third kappa shape index (κ3) is 5.90. The molecule has 2 heterocycles. The van der Waals surface area contributed by atoms with Crippen LogP contribution in [0.5, 0.6) is 0 Å². The number of nitrogens with zero attached hydrogens (tertiary/aromatic N) is 2. The van der Waals surface area contributed by atoms with Crippen LogP contribution >= 0.6 is 0 Å². The maximum atomic E-state index is 2.71. The van der Waals surface area contributed by atoms with Crippen LogP contribution in [-0.2, 0) is 5.41 Å². The molecule has 0 amide bonds. The van der Waals surface area contributed by atoms with E-state index in [1.165, 1.54) is 159 Å². The van der Waals surface area contributed by atoms with E-state index in [4.69, 9.17) is 0 Å². The molecule has 0 unspecified atom stereocenters. The van der Waals surface area contributed by atoms with E-state index in [1.807, 2.05) is 0 Å². The number of benzene rings is 8. The summed E-state index contributed by atoms with van der Waals surface area (Å²) in [6.07, 6.45) is 0. The average molecular weight is 828 g/mol. The van der Waals surface area contributed by atoms with Gasteiger partial charge in [-0.1, -0.05) is 169 Å². The summed E-state index contributed by atoms with van der Waals surface area (Å²) in [5.74, 6) is 0. The van der Waals surface area contributed by atoms with E-state index in [1.54, 1.807) is 0 Å². The second-order valence-corrected chi connectivity index (χ2v) is 19.7. The molecule has 8 aromatic carbocycles. The number of hydrogen-bond acceptors (Lipinski definition) is 0. The predicted molar refractivity (Wildman–Crippen MR) is 336 cm³/mol. The highest BCUT2D eigenvalue weighted by Crippen LogP contribution is 2.46. The fourth-order valence-corrected chi connectivity index (χ4v) is 12.3. The van der Waals surface area contributed by atoms with Gasteiger partial charge in [-0.15, -0.1) is 16.4 Å². The molecule has 2 nitrogen and oxygen atoms in total. The molecule has 0 saturated heterocycles. The summed E-state index contributed by atoms with van der Waals surface area (Å²) in [5, 5.41) is 5.52. The topological polar surface area (TPSA) is 9.86 Å². The fourth-order valence-electron chi connectivity index (χ4n) is 12.3. The molecule has 10 rings (SSSR count). The Morgan fingerprint density at radius 1 is 0.258 bits per heavy atom. The molecular weight excluding hydrogens is 779 g/mol. The van der Waals surface area contributed by atoms with Gasteiger partial charge in [0.25, 0.3) is 0 Å². The Labute approximate surface area is 404 Å². The molecule has 0 aliphatic heterocycles. The summed E-state index contributed by atoms with van der Waals surface area (Å²) in [6, 6.07) is 42.8. The minimum atomic E-state index is -0.570. The average Bonchev–Trinajstić information content (AvgIpc) is 3.89. The third-order valence-corrected chi connectivity index (χ3v) is 17.0. The van der Waals surface area contributed by atoms with Gasteiger partial charge >= 0.3 is 0 Å². The number of aromatic nitrogens is 2. The standard InChI is InChI=1S/C49H49B15N2/c50-29-25-26-30(51)34(55)38(59)41(62)47(26)66(46(25)40(61)37(58)33(29)54)48-32(53)28-27-31(52)35(56)36(57)39(60)44(27)65(45(28)42(63)43(48)64)24-18-10-17-23(19-24)49(20-11-4-1-5-12-20,21-13-6-2-7-14-21)22-15-8-3-9-16-22/h1-19H,50-64H2. The van der Waals surface area contributed by atoms with E-state index < -0.39 is 5.41 Å². The van der Waals surface area contributed by atoms with Crippen LogP contribution in [0.25, 0.3) is 55.0 Å². The molecule has 66 heavy (non-hydrogen) atoms. The molecule has 2 aromatic heterocycles. The van der Waals surface area contributed by atoms with Crippen molar-refractivity contribution in [2.75, 3.05) is 0 Å². The van der Waals surface area contributed by atoms with Crippen molar-refractivity contribution in [2.45, 2.75) is 5.41 Å². The lowest BCUT2D eigenvalue weighted by atomic mass is 9.63. The maximum absolute atomic E-state index is 2.71. The first kappa shape index (κ1) is 44.2. The summed E-state index contributed by atoms with van der Waals surface area (Å²) in [6.45, 7) is 0. The zero-order valence-electron chi connectivity index (χ0n) is 41.9. The molecule has 10 aromatic rings. The number of hydrogen-bond donors (Lipinski definition) is 0. The normalized spacial score (nSPS) is 11.9. The van der Waals surface area contributed by atoms with Crippen LogP contribution in [-0.4, -0.2) is 127 Å². The van der Waals surface area contributed by atoms with Crippen molar-refractivity contribution < 1.29 is 0 Å². The Hall–Kier alpha value is -5.67. The monoisotopic (exact) mass is 831 g/mol. The second kappa shape index (κ2) is 16.0. The van der Waals surface area contributed by atoms with Gasteiger partial charge in [0, 0.05) is 38.8 Å². The highest BCUT2D eigenvalue weighted by Gasteiger charge is 2.39. The van der Waals surface area contributed by atoms with Crippen LogP contribution < -0.4 is 81.9 Å². The molecule has 0 spiro atoms. The second-order valence-electron chi connectivity index (χ2n) is 19.7. The SMILES string of the molecule is Bc1c(B)c(B)c2c(c1B)c1c(B)c(-n3c4c(B)c(B)c(B)c(B)c4c4c(B)c(B)c(B)c(B)c43)c(B)c(B)c1n2-c1cccc(C(c2ccccc2)(c2ccccc2)c2ccccc2)c1. The van der Waals surface area contributed by atoms with Gasteiger partial charge in [-0.3, -0.25) is 0 Å². The van der Waals surface area contributed by atoms with Gasteiger partial charge in [-0.25, -0.2) is 0 Å². The zero-order chi connectivity index (χ0) is 46.8. The number of rotatable bonds is 6. The van der Waals surface area contributed by atoms with E-state index in [0.29, 0.717) is 0 Å². The van der Waals surface area contributed by atoms with Crippen molar-refractivity contribution in [3.05, 3.63) is 138 Å². The van der Waals surface area contributed by atoms with E-state index in [-0.39, 0.29) is 0 Å². The Kier molecular flexibility index (Phi) is 10.7. The first-order valence-electron chi connectivity index (χ1n) is 23.9. The van der Waals surface area contributed by atoms with Crippen LogP contribution in [0.3, 0.4) is 0 Å². The summed E-state index contributed by atoms with van der Waals surface area (Å²) >= 11 is 0. The van der Waals surface area contributed by atoms with Crippen LogP contribution in [0.2, 0.25) is 0 Å². The van der Waals surface area contributed by atoms with Crippen LogP contribution in [0.1, 0.15) is 22.3 Å². The van der Waals surface area contributed by atoms with Crippen molar-refractivity contribution in [2.24, 2.45) is 0 Å². The lowest BCUT2D eigenvalue weighted by Gasteiger charge is -2.37. The highest BCUT2D eigenvalue weighted by atomic mass is 15.0. The predicted octanol–water partition coefficient (Wildman–Crippen LogP) is -13.9. The summed E-state index contributed by atoms with van der Waals surface area (Å²) in [5.41, 5.74) is 32.6. The Balaban J connectivity index is 1.39. The van der Waals surface area contributed by atoms with Crippen LogP contribution in [0.15, 0.2) is 115 Å². The molecule has 0 fully saturated rings. The fraction of sp³-hybridized carbons (Fsp3) is 0.0204. The molecule has 0 saturated carbocycles. The van der Waals surface area contributed by atoms with Crippen molar-refractivity contribution in [3.8, 4) is 11.4 Å². The Bertz CT molecular complexity index is 3520. The largest absolute Gasteiger partial charge is 0.312 e. The molecule has 0 aliphatic carbocycles. The molecule has 17 heteroatoms. The quantitative estimate of drug-likeness (QED) is 0.117. The number of fused-ring (bicyclic) bond motifs is 6. The van der Waals surface area contributed by atoms with Gasteiger partial charge in [-0.05, 0) is 50.5 Å². The van der Waals surface area contributed by atoms with Gasteiger partial charge in [0.15, 0.2) is 0 Å². The third-order valence-electron chi connectivity index (χ3n) is 17.0. The van der Waals surface area contributed by atoms with E-state index in [2.05, 4.69) is 242 Å². The van der Waals surface area contributed by atoms with Crippen molar-refractivity contribution in [3.63, 3.8) is 0 Å². The summed E-state index contributed by atoms with van der Waals surface area (Å²) in [7, 11) is 35.3. The summed E-state index contributed by atoms with van der Waals surface area (Å²) in [4.78, 5) is 0. The first-order chi connectivity index (χ1) is 31.6. The minimum absolute atomic E-state index is 0.570. The molecule has 0 aliphatic rings. The highest BCUT2D eigenvalue weighted by molar-refractivity contribution is 6.73. The summed E-state index contributed by atoms with van der Waals surface area (Å²) < 4.78 is 5.36. The van der Waals surface area contributed by atoms with Gasteiger partial charge < -0.3 is 9.13 Å². The molecule has 0 bridgehead atoms. The van der Waals surface area contributed by atoms with E-state index in [9.17, 15) is 0 Å². The first-order valence-corrected chi connectivity index (χ1v) is 23.9. The van der Waals surface area contributed by atoms with Crippen molar-refractivity contribution >= 4 is 243 Å². The molecular formula is C49H49B15N2. The molecule has 0 N–H and O–H groups in total. The minimum Gasteiger partial charge on any atom is -0.312 e. The molecule has 300 valence electrons. The van der Waals surface area contributed by atoms with Crippen molar-refractivity contribution in [1.82, 2.24) is 9.13 Å². The molecule has 0 atom stereocenters. The Morgan fingerprint density at radius 3 is 0.939 bits per heavy atom. The zero-order valence-corrected chi connectivity index (χ0v) is 41.9. The van der Waals surface area contributed by atoms with Gasteiger partial charge in [0.2, 0.25) is 0 Å². The lowest BCUT2D eigenvalue weighted by molar-refractivity contribution is 0.744. The van der Waals surface area contributed by atoms with Crippen molar-refractivity contribution in [1.29, 1.82) is 0 Å². The smallest absolute Gasteiger partial charge is 0.142 e. The van der Waals surface area contributed by atoms with Gasteiger partial charge in [0.1, 0.15) is 118 Å². The maximum Gasteiger partial charge on any atom is 0.142 e. The van der Waals surface area contributed by atoms with E-state index in [0.717, 1.165) is 0 Å². The van der Waals surface area contributed by atoms with Crippen LogP contribution in [0.4, 0.5) is 0 Å². The lowest BCUT2D eigenvalue weighted by Crippen LogP contribution is -2.49.